The number of rotatable bonds is 3. The molecule has 1 aliphatic heterocycles. The lowest BCUT2D eigenvalue weighted by Gasteiger charge is -2.27. The molecule has 0 spiro atoms. The van der Waals surface area contributed by atoms with Gasteiger partial charge in [0.1, 0.15) is 5.69 Å². The van der Waals surface area contributed by atoms with E-state index in [2.05, 4.69) is 15.2 Å². The molecule has 0 fully saturated rings. The molecule has 30 heavy (non-hydrogen) atoms. The number of hydrogen-bond donors (Lipinski definition) is 0. The molecule has 0 saturated heterocycles. The van der Waals surface area contributed by atoms with Crippen LogP contribution in [0, 0.1) is 0 Å². The fourth-order valence-corrected chi connectivity index (χ4v) is 4.67. The summed E-state index contributed by atoms with van der Waals surface area (Å²) in [6, 6.07) is 15.5. The fraction of sp³-hybridized carbons (Fsp3) is 0.182. The van der Waals surface area contributed by atoms with Gasteiger partial charge in [-0.1, -0.05) is 29.1 Å². The van der Waals surface area contributed by atoms with Gasteiger partial charge in [-0.15, -0.1) is 0 Å². The van der Waals surface area contributed by atoms with Crippen molar-refractivity contribution < 1.29 is 9.32 Å². The topological polar surface area (TPSA) is 77.0 Å². The largest absolute Gasteiger partial charge is 0.332 e. The SMILES string of the molecule is CC(C)N1C(=O)c2ccccc2Sc2cc(-c3noc(-c4ccnn4C)n3)ccc21. The molecule has 150 valence electrons. The molecule has 0 bridgehead atoms. The van der Waals surface area contributed by atoms with Gasteiger partial charge < -0.3 is 9.42 Å². The van der Waals surface area contributed by atoms with E-state index in [0.29, 0.717) is 17.3 Å². The monoisotopic (exact) mass is 417 g/mol. The third-order valence-corrected chi connectivity index (χ3v) is 6.14. The highest BCUT2D eigenvalue weighted by atomic mass is 32.2. The number of nitrogens with zero attached hydrogens (tertiary/aromatic N) is 5. The molecule has 7 nitrogen and oxygen atoms in total. The molecule has 0 N–H and O–H groups in total. The van der Waals surface area contributed by atoms with E-state index in [4.69, 9.17) is 4.52 Å². The van der Waals surface area contributed by atoms with Gasteiger partial charge in [-0.3, -0.25) is 9.48 Å². The minimum atomic E-state index is 0.0117. The first kappa shape index (κ1) is 18.6. The summed E-state index contributed by atoms with van der Waals surface area (Å²) in [6.45, 7) is 4.04. The van der Waals surface area contributed by atoms with Gasteiger partial charge in [-0.05, 0) is 50.2 Å². The molecule has 1 aliphatic rings. The van der Waals surface area contributed by atoms with Gasteiger partial charge in [0.15, 0.2) is 0 Å². The Bertz CT molecular complexity index is 1260. The van der Waals surface area contributed by atoms with Crippen molar-refractivity contribution >= 4 is 23.4 Å². The second-order valence-electron chi connectivity index (χ2n) is 7.31. The number of carbonyl (C=O) groups excluding carboxylic acids is 1. The second kappa shape index (κ2) is 7.14. The van der Waals surface area contributed by atoms with Crippen LogP contribution < -0.4 is 4.90 Å². The van der Waals surface area contributed by atoms with Crippen molar-refractivity contribution in [2.24, 2.45) is 7.05 Å². The summed E-state index contributed by atoms with van der Waals surface area (Å²) in [5.41, 5.74) is 3.18. The van der Waals surface area contributed by atoms with E-state index in [1.54, 1.807) is 22.6 Å². The quantitative estimate of drug-likeness (QED) is 0.483. The third-order valence-electron chi connectivity index (χ3n) is 5.02. The highest BCUT2D eigenvalue weighted by Crippen LogP contribution is 2.43. The number of anilines is 1. The van der Waals surface area contributed by atoms with Gasteiger partial charge in [0.25, 0.3) is 11.8 Å². The Labute approximate surface area is 177 Å². The summed E-state index contributed by atoms with van der Waals surface area (Å²) in [6.07, 6.45) is 1.69. The first-order valence-corrected chi connectivity index (χ1v) is 10.4. The predicted molar refractivity (Wildman–Crippen MR) is 114 cm³/mol. The number of amides is 1. The Kier molecular flexibility index (Phi) is 4.43. The molecule has 5 rings (SSSR count). The fourth-order valence-electron chi connectivity index (χ4n) is 3.57. The minimum absolute atomic E-state index is 0.0117. The van der Waals surface area contributed by atoms with Gasteiger partial charge in [-0.25, -0.2) is 0 Å². The number of fused-ring (bicyclic) bond motifs is 2. The van der Waals surface area contributed by atoms with Crippen LogP contribution in [0.2, 0.25) is 0 Å². The molecule has 0 atom stereocenters. The van der Waals surface area contributed by atoms with Crippen molar-refractivity contribution in [2.45, 2.75) is 29.7 Å². The van der Waals surface area contributed by atoms with Crippen LogP contribution in [0.3, 0.4) is 0 Å². The Morgan fingerprint density at radius 1 is 1.07 bits per heavy atom. The molecular formula is C22H19N5O2S. The van der Waals surface area contributed by atoms with Gasteiger partial charge in [-0.2, -0.15) is 10.1 Å². The summed E-state index contributed by atoms with van der Waals surface area (Å²) in [5.74, 6) is 0.920. The first-order chi connectivity index (χ1) is 14.5. The van der Waals surface area contributed by atoms with E-state index in [1.807, 2.05) is 74.3 Å². The van der Waals surface area contributed by atoms with Gasteiger partial charge in [0.05, 0.1) is 11.3 Å². The molecule has 1 amide bonds. The minimum Gasteiger partial charge on any atom is -0.332 e. The van der Waals surface area contributed by atoms with Gasteiger partial charge >= 0.3 is 0 Å². The lowest BCUT2D eigenvalue weighted by molar-refractivity contribution is 0.0977. The molecule has 8 heteroatoms. The molecule has 2 aromatic heterocycles. The van der Waals surface area contributed by atoms with Crippen molar-refractivity contribution in [2.75, 3.05) is 4.90 Å². The van der Waals surface area contributed by atoms with Crippen molar-refractivity contribution in [3.05, 3.63) is 60.3 Å². The number of benzene rings is 2. The first-order valence-electron chi connectivity index (χ1n) is 9.60. The Balaban J connectivity index is 1.60. The van der Waals surface area contributed by atoms with E-state index in [-0.39, 0.29) is 11.9 Å². The van der Waals surface area contributed by atoms with Crippen LogP contribution in [0.25, 0.3) is 23.0 Å². The Morgan fingerprint density at radius 3 is 2.67 bits per heavy atom. The van der Waals surface area contributed by atoms with E-state index in [0.717, 1.165) is 26.7 Å². The predicted octanol–water partition coefficient (Wildman–Crippen LogP) is 4.66. The van der Waals surface area contributed by atoms with E-state index < -0.39 is 0 Å². The zero-order valence-electron chi connectivity index (χ0n) is 16.7. The van der Waals surface area contributed by atoms with Crippen LogP contribution in [0.5, 0.6) is 0 Å². The smallest absolute Gasteiger partial charge is 0.276 e. The average Bonchev–Trinajstić information content (AvgIpc) is 3.35. The molecule has 4 aromatic rings. The number of hydrogen-bond acceptors (Lipinski definition) is 6. The van der Waals surface area contributed by atoms with Crippen LogP contribution >= 0.6 is 11.8 Å². The lowest BCUT2D eigenvalue weighted by Crippen LogP contribution is -2.36. The standard InChI is InChI=1S/C22H19N5O2S/c1-13(2)27-16-9-8-14(20-24-21(29-25-20)17-10-11-23-26(17)3)12-19(16)30-18-7-5-4-6-15(18)22(27)28/h4-13H,1-3H3. The zero-order valence-corrected chi connectivity index (χ0v) is 17.6. The summed E-state index contributed by atoms with van der Waals surface area (Å²) < 4.78 is 7.14. The van der Waals surface area contributed by atoms with E-state index >= 15 is 0 Å². The van der Waals surface area contributed by atoms with Crippen LogP contribution in [0.4, 0.5) is 5.69 Å². The Hall–Kier alpha value is -3.39. The van der Waals surface area contributed by atoms with Crippen molar-refractivity contribution in [3.8, 4) is 23.0 Å². The molecule has 0 radical (unpaired) electrons. The summed E-state index contributed by atoms with van der Waals surface area (Å²) in [7, 11) is 1.83. The molecule has 0 aliphatic carbocycles. The summed E-state index contributed by atoms with van der Waals surface area (Å²) in [5, 5.41) is 8.30. The van der Waals surface area contributed by atoms with Crippen molar-refractivity contribution in [1.82, 2.24) is 19.9 Å². The van der Waals surface area contributed by atoms with Crippen LogP contribution in [0.1, 0.15) is 24.2 Å². The third kappa shape index (κ3) is 3.00. The van der Waals surface area contributed by atoms with Crippen LogP contribution in [-0.2, 0) is 7.05 Å². The maximum absolute atomic E-state index is 13.2. The van der Waals surface area contributed by atoms with Gasteiger partial charge in [0.2, 0.25) is 5.82 Å². The normalized spacial score (nSPS) is 13.3. The maximum atomic E-state index is 13.2. The van der Waals surface area contributed by atoms with E-state index in [1.165, 1.54) is 0 Å². The Morgan fingerprint density at radius 2 is 1.90 bits per heavy atom. The van der Waals surface area contributed by atoms with Crippen LogP contribution in [-0.4, -0.2) is 31.9 Å². The second-order valence-corrected chi connectivity index (χ2v) is 8.40. The summed E-state index contributed by atoms with van der Waals surface area (Å²) >= 11 is 1.58. The van der Waals surface area contributed by atoms with Crippen LogP contribution in [0.15, 0.2) is 69.0 Å². The number of aromatic nitrogens is 4. The van der Waals surface area contributed by atoms with Gasteiger partial charge in [0, 0.05) is 34.6 Å². The van der Waals surface area contributed by atoms with Crippen molar-refractivity contribution in [3.63, 3.8) is 0 Å². The van der Waals surface area contributed by atoms with Crippen molar-refractivity contribution in [1.29, 1.82) is 0 Å². The molecule has 2 aromatic carbocycles. The molecule has 3 heterocycles. The van der Waals surface area contributed by atoms with E-state index in [9.17, 15) is 4.79 Å². The average molecular weight is 417 g/mol. The molecule has 0 unspecified atom stereocenters. The number of aryl methyl sites for hydroxylation is 1. The molecular weight excluding hydrogens is 398 g/mol. The highest BCUT2D eigenvalue weighted by molar-refractivity contribution is 7.99. The number of carbonyl (C=O) groups is 1. The summed E-state index contributed by atoms with van der Waals surface area (Å²) in [4.78, 5) is 21.5. The zero-order chi connectivity index (χ0) is 20.8. The lowest BCUT2D eigenvalue weighted by atomic mass is 10.1. The molecule has 0 saturated carbocycles. The highest BCUT2D eigenvalue weighted by Gasteiger charge is 2.29. The maximum Gasteiger partial charge on any atom is 0.276 e.